The highest BCUT2D eigenvalue weighted by Gasteiger charge is 2.30. The molecule has 43 heavy (non-hydrogen) atoms. The summed E-state index contributed by atoms with van der Waals surface area (Å²) in [4.78, 5) is 26.4. The largest absolute Gasteiger partial charge is 0.485 e. The number of aliphatic imine (C=N–C) groups is 1. The lowest BCUT2D eigenvalue weighted by molar-refractivity contribution is 0.0612. The number of imidazole rings is 1. The summed E-state index contributed by atoms with van der Waals surface area (Å²) >= 11 is 6.19. The minimum absolute atomic E-state index is 0.0649. The molecule has 11 nitrogen and oxygen atoms in total. The molecule has 224 valence electrons. The quantitative estimate of drug-likeness (QED) is 0.134. The van der Waals surface area contributed by atoms with E-state index in [1.165, 1.54) is 18.2 Å². The zero-order valence-corrected chi connectivity index (χ0v) is 23.8. The van der Waals surface area contributed by atoms with E-state index in [1.807, 2.05) is 4.57 Å². The molecule has 0 spiro atoms. The Morgan fingerprint density at radius 1 is 1.26 bits per heavy atom. The third-order valence-corrected chi connectivity index (χ3v) is 7.63. The molecule has 4 aromatic rings. The Balaban J connectivity index is 1.49. The second-order valence-electron chi connectivity index (χ2n) is 10.2. The van der Waals surface area contributed by atoms with Crippen molar-refractivity contribution in [3.05, 3.63) is 76.8 Å². The van der Waals surface area contributed by atoms with Crippen molar-refractivity contribution in [2.24, 2.45) is 10.7 Å². The van der Waals surface area contributed by atoms with Gasteiger partial charge in [-0.25, -0.2) is 14.4 Å². The maximum atomic E-state index is 15.1. The van der Waals surface area contributed by atoms with Crippen molar-refractivity contribution < 1.29 is 24.1 Å². The van der Waals surface area contributed by atoms with Crippen molar-refractivity contribution in [1.82, 2.24) is 19.9 Å². The number of benzene rings is 2. The number of hydrogen-bond donors (Lipinski definition) is 5. The summed E-state index contributed by atoms with van der Waals surface area (Å²) in [6.45, 7) is -0.854. The number of nitrogens with two attached hydrogens (primary N) is 1. The Morgan fingerprint density at radius 3 is 2.79 bits per heavy atom. The lowest BCUT2D eigenvalue weighted by atomic mass is 9.90. The number of halogens is 2. The molecule has 1 aliphatic carbocycles. The van der Waals surface area contributed by atoms with Crippen LogP contribution in [0.25, 0.3) is 22.4 Å². The van der Waals surface area contributed by atoms with Crippen molar-refractivity contribution in [1.29, 1.82) is 5.41 Å². The van der Waals surface area contributed by atoms with Crippen molar-refractivity contribution in [3.8, 4) is 17.1 Å². The summed E-state index contributed by atoms with van der Waals surface area (Å²) < 4.78 is 22.7. The first kappa shape index (κ1) is 30.1. The Bertz CT molecular complexity index is 1670. The number of aliphatic hydroxyl groups excluding tert-OH is 2. The predicted octanol–water partition coefficient (Wildman–Crippen LogP) is 3.85. The topological polar surface area (TPSA) is 172 Å². The van der Waals surface area contributed by atoms with Gasteiger partial charge in [-0.1, -0.05) is 23.7 Å². The average molecular weight is 608 g/mol. The van der Waals surface area contributed by atoms with E-state index in [4.69, 9.17) is 32.5 Å². The second-order valence-corrected chi connectivity index (χ2v) is 10.7. The lowest BCUT2D eigenvalue weighted by Crippen LogP contribution is -2.39. The van der Waals surface area contributed by atoms with Gasteiger partial charge in [-0.15, -0.1) is 0 Å². The van der Waals surface area contributed by atoms with Crippen LogP contribution >= 0.6 is 11.6 Å². The van der Waals surface area contributed by atoms with E-state index < -0.39 is 31.0 Å². The number of pyridine rings is 1. The Morgan fingerprint density at radius 2 is 2.05 bits per heavy atom. The number of nitrogens with one attached hydrogen (secondary N) is 2. The minimum Gasteiger partial charge on any atom is -0.485 e. The summed E-state index contributed by atoms with van der Waals surface area (Å²) in [6, 6.07) is 12.3. The highest BCUT2D eigenvalue weighted by atomic mass is 35.5. The number of amidine groups is 1. The number of carbonyl (C=O) groups excluding carboxylic acids is 1. The van der Waals surface area contributed by atoms with E-state index >= 15 is 4.39 Å². The van der Waals surface area contributed by atoms with Gasteiger partial charge in [0.2, 0.25) is 0 Å². The summed E-state index contributed by atoms with van der Waals surface area (Å²) in [5.74, 6) is -0.153. The molecule has 2 heterocycles. The molecule has 0 saturated heterocycles. The summed E-state index contributed by atoms with van der Waals surface area (Å²) in [6.07, 6.45) is 4.25. The molecule has 1 saturated carbocycles. The van der Waals surface area contributed by atoms with Gasteiger partial charge >= 0.3 is 0 Å². The zero-order chi connectivity index (χ0) is 30.5. The molecule has 1 amide bonds. The highest BCUT2D eigenvalue weighted by Crippen LogP contribution is 2.37. The van der Waals surface area contributed by atoms with Crippen LogP contribution in [0.15, 0.2) is 59.7 Å². The van der Waals surface area contributed by atoms with Crippen LogP contribution in [0, 0.1) is 11.2 Å². The molecular weight excluding hydrogens is 577 g/mol. The van der Waals surface area contributed by atoms with Crippen LogP contribution in [0.2, 0.25) is 5.02 Å². The number of amides is 1. The molecule has 1 fully saturated rings. The third kappa shape index (κ3) is 6.51. The first-order valence-corrected chi connectivity index (χ1v) is 14.1. The molecule has 13 heteroatoms. The van der Waals surface area contributed by atoms with Gasteiger partial charge in [0.15, 0.2) is 5.84 Å². The molecule has 6 N–H and O–H groups in total. The maximum Gasteiger partial charge on any atom is 0.255 e. The zero-order valence-electron chi connectivity index (χ0n) is 23.1. The van der Waals surface area contributed by atoms with Gasteiger partial charge in [-0.2, -0.15) is 0 Å². The Kier molecular flexibility index (Phi) is 9.29. The van der Waals surface area contributed by atoms with Crippen LogP contribution in [0.4, 0.5) is 4.39 Å². The molecule has 0 aliphatic heterocycles. The van der Waals surface area contributed by atoms with Crippen LogP contribution in [0.3, 0.4) is 0 Å². The summed E-state index contributed by atoms with van der Waals surface area (Å²) in [7, 11) is 0. The van der Waals surface area contributed by atoms with Crippen molar-refractivity contribution in [2.75, 3.05) is 13.2 Å². The Labute approximate surface area is 251 Å². The number of carbonyl (C=O) groups is 1. The van der Waals surface area contributed by atoms with Gasteiger partial charge in [0, 0.05) is 17.1 Å². The van der Waals surface area contributed by atoms with Gasteiger partial charge in [0.1, 0.15) is 41.0 Å². The van der Waals surface area contributed by atoms with E-state index in [0.29, 0.717) is 46.0 Å². The normalized spacial score (nSPS) is 17.3. The first-order chi connectivity index (χ1) is 20.8. The average Bonchev–Trinajstić information content (AvgIpc) is 3.39. The van der Waals surface area contributed by atoms with E-state index in [-0.39, 0.29) is 29.2 Å². The van der Waals surface area contributed by atoms with Gasteiger partial charge in [-0.3, -0.25) is 15.2 Å². The molecule has 2 atom stereocenters. The fourth-order valence-electron chi connectivity index (χ4n) is 5.36. The van der Waals surface area contributed by atoms with Crippen LogP contribution in [-0.2, 0) is 0 Å². The fraction of sp³-hybridized carbons (Fsp3) is 0.300. The van der Waals surface area contributed by atoms with E-state index in [0.717, 1.165) is 19.2 Å². The first-order valence-electron chi connectivity index (χ1n) is 13.8. The number of rotatable bonds is 10. The number of nitrogens with zero attached hydrogens (tertiary/aromatic N) is 4. The molecule has 0 radical (unpaired) electrons. The van der Waals surface area contributed by atoms with E-state index in [1.54, 1.807) is 36.5 Å². The molecule has 0 bridgehead atoms. The molecule has 2 aromatic carbocycles. The van der Waals surface area contributed by atoms with Gasteiger partial charge in [0.05, 0.1) is 36.1 Å². The number of fused-ring (bicyclic) bond motifs is 1. The van der Waals surface area contributed by atoms with Crippen molar-refractivity contribution in [2.45, 2.75) is 43.9 Å². The number of ether oxygens (including phenoxy) is 1. The third-order valence-electron chi connectivity index (χ3n) is 7.39. The predicted molar refractivity (Wildman–Crippen MR) is 161 cm³/mol. The number of aromatic nitrogens is 3. The number of hydrogen-bond acceptors (Lipinski definition) is 7. The van der Waals surface area contributed by atoms with E-state index in [2.05, 4.69) is 15.3 Å². The number of aliphatic hydroxyl groups is 2. The van der Waals surface area contributed by atoms with Crippen LogP contribution in [-0.4, -0.2) is 68.2 Å². The van der Waals surface area contributed by atoms with Gasteiger partial charge in [0.25, 0.3) is 5.91 Å². The van der Waals surface area contributed by atoms with Crippen LogP contribution < -0.4 is 15.8 Å². The van der Waals surface area contributed by atoms with Crippen molar-refractivity contribution in [3.63, 3.8) is 0 Å². The smallest absolute Gasteiger partial charge is 0.255 e. The van der Waals surface area contributed by atoms with Crippen LogP contribution in [0.1, 0.15) is 47.8 Å². The fourth-order valence-corrected chi connectivity index (χ4v) is 5.54. The Hall–Kier alpha value is -4.39. The molecular formula is C30H31ClFN7O4. The van der Waals surface area contributed by atoms with Crippen molar-refractivity contribution >= 4 is 40.7 Å². The maximum absolute atomic E-state index is 15.1. The molecule has 1 aliphatic rings. The van der Waals surface area contributed by atoms with Gasteiger partial charge < -0.3 is 30.6 Å². The summed E-state index contributed by atoms with van der Waals surface area (Å²) in [5.41, 5.74) is 8.10. The lowest BCUT2D eigenvalue weighted by Gasteiger charge is -2.32. The van der Waals surface area contributed by atoms with Gasteiger partial charge in [-0.05, 0) is 62.1 Å². The molecule has 5 rings (SSSR count). The standard InChI is InChI=1S/C30H31ClFN7O4/c31-17-8-9-27(43-20(14-40)15-41)22(10-17)30(42)37-18-4-3-5-19(11-18)39-26-12-24(28(34)36-16-33)35-13-25(26)38-29(39)21-6-1-2-7-23(21)32/h1-2,6-10,12-13,16,18-20,40-41H,3-5,11,14-15H2,(H,37,42)(H3,33,34,36). The molecule has 2 unspecified atom stereocenters. The SMILES string of the molecule is N=CN=C(N)c1cc2c(cn1)nc(-c1ccccc1F)n2C1CCCC(NC(=O)c2cc(Cl)ccc2OC(CO)CO)C1. The highest BCUT2D eigenvalue weighted by molar-refractivity contribution is 6.31. The second kappa shape index (κ2) is 13.3. The molecule has 2 aromatic heterocycles. The minimum atomic E-state index is -0.893. The van der Waals surface area contributed by atoms with E-state index in [9.17, 15) is 15.0 Å². The summed E-state index contributed by atoms with van der Waals surface area (Å²) in [5, 5.41) is 29.6. The van der Waals surface area contributed by atoms with Crippen LogP contribution in [0.5, 0.6) is 5.75 Å². The monoisotopic (exact) mass is 607 g/mol.